The lowest BCUT2D eigenvalue weighted by molar-refractivity contribution is 0.235. The van der Waals surface area contributed by atoms with Gasteiger partial charge in [-0.15, -0.1) is 0 Å². The minimum Gasteiger partial charge on any atom is -0.484 e. The molecule has 0 fully saturated rings. The van der Waals surface area contributed by atoms with Crippen molar-refractivity contribution in [2.75, 3.05) is 7.11 Å². The number of rotatable bonds is 4. The van der Waals surface area contributed by atoms with Gasteiger partial charge in [0, 0.05) is 17.5 Å². The quantitative estimate of drug-likeness (QED) is 0.586. The van der Waals surface area contributed by atoms with Gasteiger partial charge in [-0.1, -0.05) is 54.1 Å². The molecule has 4 rings (SSSR count). The van der Waals surface area contributed by atoms with Crippen LogP contribution in [0.2, 0.25) is 0 Å². The lowest BCUT2D eigenvalue weighted by Crippen LogP contribution is -2.12. The smallest absolute Gasteiger partial charge is 0.297 e. The van der Waals surface area contributed by atoms with E-state index in [4.69, 9.17) is 8.92 Å². The Kier molecular flexibility index (Phi) is 4.73. The molecule has 4 nitrogen and oxygen atoms in total. The van der Waals surface area contributed by atoms with E-state index in [1.807, 2.05) is 31.2 Å². The van der Waals surface area contributed by atoms with Crippen LogP contribution in [0.15, 0.2) is 65.6 Å². The van der Waals surface area contributed by atoms with Gasteiger partial charge in [-0.05, 0) is 42.7 Å². The molecule has 3 aromatic carbocycles. The van der Waals surface area contributed by atoms with Gasteiger partial charge >= 0.3 is 0 Å². The lowest BCUT2D eigenvalue weighted by Gasteiger charge is -2.17. The maximum atomic E-state index is 12.4. The van der Waals surface area contributed by atoms with Crippen LogP contribution in [0.25, 0.3) is 11.1 Å². The highest BCUT2D eigenvalue weighted by atomic mass is 32.2. The van der Waals surface area contributed by atoms with E-state index >= 15 is 0 Å². The molecule has 28 heavy (non-hydrogen) atoms. The molecule has 0 aromatic heterocycles. The van der Waals surface area contributed by atoms with Crippen molar-refractivity contribution in [2.24, 2.45) is 0 Å². The predicted octanol–water partition coefficient (Wildman–Crippen LogP) is 4.98. The Morgan fingerprint density at radius 2 is 1.71 bits per heavy atom. The minimum atomic E-state index is -3.82. The molecule has 3 aromatic rings. The molecule has 1 unspecified atom stereocenters. The summed E-state index contributed by atoms with van der Waals surface area (Å²) in [6.45, 7) is 4.00. The molecule has 1 heterocycles. The number of hydrogen-bond acceptors (Lipinski definition) is 4. The molecule has 0 bridgehead atoms. The van der Waals surface area contributed by atoms with Crippen LogP contribution < -0.4 is 4.74 Å². The first-order chi connectivity index (χ1) is 13.4. The average molecular weight is 394 g/mol. The van der Waals surface area contributed by atoms with Gasteiger partial charge in [0.25, 0.3) is 10.1 Å². The van der Waals surface area contributed by atoms with Crippen LogP contribution in [0.3, 0.4) is 0 Å². The second-order valence-corrected chi connectivity index (χ2v) is 8.82. The van der Waals surface area contributed by atoms with Crippen LogP contribution in [0, 0.1) is 13.8 Å². The fraction of sp³-hybridized carbons (Fsp3) is 0.217. The Morgan fingerprint density at radius 1 is 0.964 bits per heavy atom. The molecular weight excluding hydrogens is 372 g/mol. The van der Waals surface area contributed by atoms with E-state index < -0.39 is 10.1 Å². The Hall–Kier alpha value is -2.63. The fourth-order valence-corrected chi connectivity index (χ4v) is 4.66. The predicted molar refractivity (Wildman–Crippen MR) is 109 cm³/mol. The van der Waals surface area contributed by atoms with E-state index in [1.54, 1.807) is 12.1 Å². The molecule has 1 atom stereocenters. The summed E-state index contributed by atoms with van der Waals surface area (Å²) in [4.78, 5) is 0.163. The van der Waals surface area contributed by atoms with E-state index in [2.05, 4.69) is 31.2 Å². The second kappa shape index (κ2) is 7.08. The summed E-state index contributed by atoms with van der Waals surface area (Å²) >= 11 is 0. The highest BCUT2D eigenvalue weighted by molar-refractivity contribution is 7.86. The van der Waals surface area contributed by atoms with Crippen molar-refractivity contribution < 1.29 is 17.3 Å². The first-order valence-corrected chi connectivity index (χ1v) is 10.6. The zero-order valence-electron chi connectivity index (χ0n) is 16.1. The summed E-state index contributed by atoms with van der Waals surface area (Å²) in [7, 11) is -2.64. The van der Waals surface area contributed by atoms with Crippen molar-refractivity contribution in [3.8, 4) is 16.9 Å². The molecule has 0 amide bonds. The van der Waals surface area contributed by atoms with Crippen molar-refractivity contribution >= 4 is 10.1 Å². The molecule has 1 aliphatic rings. The van der Waals surface area contributed by atoms with E-state index in [9.17, 15) is 8.42 Å². The van der Waals surface area contributed by atoms with Crippen molar-refractivity contribution in [2.45, 2.75) is 31.3 Å². The Bertz CT molecular complexity index is 1130. The summed E-state index contributed by atoms with van der Waals surface area (Å²) in [5, 5.41) is 0. The van der Waals surface area contributed by atoms with Crippen LogP contribution >= 0.6 is 0 Å². The molecule has 0 saturated heterocycles. The van der Waals surface area contributed by atoms with Crippen LogP contribution in [0.4, 0.5) is 0 Å². The van der Waals surface area contributed by atoms with E-state index in [0.29, 0.717) is 12.0 Å². The SMILES string of the molecule is COS(=O)(=O)c1ccc(C)cc1C1Cc2cc(C)cc(-c3ccccc3)c2O1. The monoisotopic (exact) mass is 394 g/mol. The number of aryl methyl sites for hydroxylation is 2. The van der Waals surface area contributed by atoms with Crippen LogP contribution in [-0.2, 0) is 20.7 Å². The number of fused-ring (bicyclic) bond motifs is 1. The normalized spacial score (nSPS) is 15.9. The molecule has 0 aliphatic carbocycles. The second-order valence-electron chi connectivity index (χ2n) is 7.14. The van der Waals surface area contributed by atoms with Crippen LogP contribution in [-0.4, -0.2) is 15.5 Å². The van der Waals surface area contributed by atoms with Crippen molar-refractivity contribution in [1.82, 2.24) is 0 Å². The minimum absolute atomic E-state index is 0.163. The van der Waals surface area contributed by atoms with E-state index in [0.717, 1.165) is 33.6 Å². The highest BCUT2D eigenvalue weighted by Gasteiger charge is 2.32. The van der Waals surface area contributed by atoms with Gasteiger partial charge < -0.3 is 4.74 Å². The Balaban J connectivity index is 1.81. The van der Waals surface area contributed by atoms with Crippen molar-refractivity contribution in [3.05, 3.63) is 82.9 Å². The van der Waals surface area contributed by atoms with Gasteiger partial charge in [0.15, 0.2) is 0 Å². The van der Waals surface area contributed by atoms with Gasteiger partial charge in [-0.25, -0.2) is 0 Å². The van der Waals surface area contributed by atoms with Crippen LogP contribution in [0.5, 0.6) is 5.75 Å². The third-order valence-electron chi connectivity index (χ3n) is 5.06. The lowest BCUT2D eigenvalue weighted by atomic mass is 9.96. The fourth-order valence-electron chi connectivity index (χ4n) is 3.77. The first kappa shape index (κ1) is 18.7. The molecule has 0 saturated carbocycles. The third-order valence-corrected chi connectivity index (χ3v) is 6.41. The maximum absolute atomic E-state index is 12.4. The van der Waals surface area contributed by atoms with Crippen molar-refractivity contribution in [3.63, 3.8) is 0 Å². The van der Waals surface area contributed by atoms with Crippen LogP contribution in [0.1, 0.15) is 28.4 Å². The standard InChI is InChI=1S/C23H22O4S/c1-15-9-10-22(28(24,25)26-3)20(12-15)21-14-18-11-16(2)13-19(23(18)27-21)17-7-5-4-6-8-17/h4-13,21H,14H2,1-3H3. The van der Waals surface area contributed by atoms with E-state index in [1.165, 1.54) is 7.11 Å². The zero-order chi connectivity index (χ0) is 19.9. The number of benzene rings is 3. The number of hydrogen-bond donors (Lipinski definition) is 0. The molecular formula is C23H22O4S. The highest BCUT2D eigenvalue weighted by Crippen LogP contribution is 2.45. The topological polar surface area (TPSA) is 52.6 Å². The summed E-state index contributed by atoms with van der Waals surface area (Å²) in [5.41, 5.74) is 5.96. The van der Waals surface area contributed by atoms with Gasteiger partial charge in [-0.3, -0.25) is 4.18 Å². The average Bonchev–Trinajstić information content (AvgIpc) is 3.11. The zero-order valence-corrected chi connectivity index (χ0v) is 16.9. The third kappa shape index (κ3) is 3.32. The molecule has 144 valence electrons. The summed E-state index contributed by atoms with van der Waals surface area (Å²) in [6.07, 6.45) is 0.242. The number of ether oxygens (including phenoxy) is 1. The van der Waals surface area contributed by atoms with Gasteiger partial charge in [-0.2, -0.15) is 8.42 Å². The van der Waals surface area contributed by atoms with Gasteiger partial charge in [0.05, 0.1) is 7.11 Å². The molecule has 5 heteroatoms. The molecule has 1 aliphatic heterocycles. The molecule has 0 N–H and O–H groups in total. The summed E-state index contributed by atoms with van der Waals surface area (Å²) in [5.74, 6) is 0.823. The van der Waals surface area contributed by atoms with Gasteiger partial charge in [0.1, 0.15) is 16.7 Å². The Labute approximate surface area is 165 Å². The summed E-state index contributed by atoms with van der Waals surface area (Å²) in [6, 6.07) is 19.6. The summed E-state index contributed by atoms with van der Waals surface area (Å²) < 4.78 is 36.0. The largest absolute Gasteiger partial charge is 0.484 e. The molecule has 0 radical (unpaired) electrons. The van der Waals surface area contributed by atoms with Crippen molar-refractivity contribution in [1.29, 1.82) is 0 Å². The maximum Gasteiger partial charge on any atom is 0.297 e. The Morgan fingerprint density at radius 3 is 2.43 bits per heavy atom. The van der Waals surface area contributed by atoms with Gasteiger partial charge in [0.2, 0.25) is 0 Å². The molecule has 0 spiro atoms. The first-order valence-electron chi connectivity index (χ1n) is 9.16. The van der Waals surface area contributed by atoms with E-state index in [-0.39, 0.29) is 11.0 Å².